The summed E-state index contributed by atoms with van der Waals surface area (Å²) in [6.07, 6.45) is 0. The number of aryl methyl sites for hydroxylation is 1. The van der Waals surface area contributed by atoms with Gasteiger partial charge in [-0.15, -0.1) is 0 Å². The molecule has 0 N–H and O–H groups in total. The predicted octanol–water partition coefficient (Wildman–Crippen LogP) is 11.9. The molecule has 240 valence electrons. The van der Waals surface area contributed by atoms with Crippen molar-refractivity contribution in [3.05, 3.63) is 163 Å². The third kappa shape index (κ3) is 4.08. The van der Waals surface area contributed by atoms with Gasteiger partial charge in [-0.2, -0.15) is 0 Å². The molecule has 0 aliphatic carbocycles. The van der Waals surface area contributed by atoms with E-state index in [-0.39, 0.29) is 0 Å². The van der Waals surface area contributed by atoms with Gasteiger partial charge in [-0.1, -0.05) is 133 Å². The highest BCUT2D eigenvalue weighted by atomic mass is 32.4. The van der Waals surface area contributed by atoms with Gasteiger partial charge < -0.3 is 9.47 Å². The summed E-state index contributed by atoms with van der Waals surface area (Å²) < 4.78 is 13.8. The molecule has 2 nitrogen and oxygen atoms in total. The molecule has 1 unspecified atom stereocenters. The van der Waals surface area contributed by atoms with E-state index in [1.807, 2.05) is 6.07 Å². The summed E-state index contributed by atoms with van der Waals surface area (Å²) in [5.41, 5.74) is 5.67. The van der Waals surface area contributed by atoms with Gasteiger partial charge in [0.15, 0.2) is 0 Å². The fourth-order valence-electron chi connectivity index (χ4n) is 8.48. The number of hydrogen-bond donors (Lipinski definition) is 0. The van der Waals surface area contributed by atoms with E-state index in [1.54, 1.807) is 0 Å². The highest BCUT2D eigenvalue weighted by Crippen LogP contribution is 2.60. The van der Waals surface area contributed by atoms with Crippen LogP contribution in [0.2, 0.25) is 0 Å². The van der Waals surface area contributed by atoms with Gasteiger partial charge in [-0.25, -0.2) is 0 Å². The number of fused-ring (bicyclic) bond motifs is 12. The Morgan fingerprint density at radius 1 is 0.412 bits per heavy atom. The molecule has 0 fully saturated rings. The van der Waals surface area contributed by atoms with Gasteiger partial charge >= 0.3 is 0 Å². The summed E-state index contributed by atoms with van der Waals surface area (Å²) in [4.78, 5) is 0. The fourth-order valence-corrected chi connectivity index (χ4v) is 13.3. The average molecular weight is 689 g/mol. The topological polar surface area (TPSA) is 18.5 Å². The van der Waals surface area contributed by atoms with Gasteiger partial charge in [0.2, 0.25) is 0 Å². The molecule has 0 bridgehead atoms. The van der Waals surface area contributed by atoms with Gasteiger partial charge in [0, 0.05) is 10.6 Å². The number of benzene rings is 9. The molecule has 0 radical (unpaired) electrons. The van der Waals surface area contributed by atoms with Crippen LogP contribution in [0.1, 0.15) is 5.56 Å². The Hall–Kier alpha value is -5.73. The third-order valence-electron chi connectivity index (χ3n) is 10.8. The highest BCUT2D eigenvalue weighted by molar-refractivity contribution is 8.26. The zero-order valence-electron chi connectivity index (χ0n) is 27.7. The SMILES string of the molecule is Cc1cccc2c3cc(-c4cc5c6c(c4)Oc4ccc7ccccc7c4P6(=S)c4ccc(-c6ccccc6)cc4O5)ccc3c3ccccc3c12. The van der Waals surface area contributed by atoms with Gasteiger partial charge in [0.1, 0.15) is 23.0 Å². The predicted molar refractivity (Wildman–Crippen MR) is 218 cm³/mol. The first-order valence-corrected chi connectivity index (χ1v) is 20.1. The molecule has 1 atom stereocenters. The second-order valence-electron chi connectivity index (χ2n) is 13.6. The summed E-state index contributed by atoms with van der Waals surface area (Å²) >= 11 is 7.03. The van der Waals surface area contributed by atoms with Crippen molar-refractivity contribution < 1.29 is 9.47 Å². The molecule has 51 heavy (non-hydrogen) atoms. The van der Waals surface area contributed by atoms with E-state index in [9.17, 15) is 0 Å². The molecule has 4 heteroatoms. The van der Waals surface area contributed by atoms with Crippen molar-refractivity contribution in [2.45, 2.75) is 6.92 Å². The minimum atomic E-state index is -2.60. The maximum atomic E-state index is 7.03. The van der Waals surface area contributed by atoms with Crippen molar-refractivity contribution in [3.63, 3.8) is 0 Å². The molecule has 2 aliphatic heterocycles. The van der Waals surface area contributed by atoms with Crippen LogP contribution in [0.4, 0.5) is 0 Å². The van der Waals surface area contributed by atoms with Crippen molar-refractivity contribution in [1.82, 2.24) is 0 Å². The first-order chi connectivity index (χ1) is 25.1. The molecular weight excluding hydrogens is 660 g/mol. The molecule has 0 saturated carbocycles. The van der Waals surface area contributed by atoms with Crippen LogP contribution in [-0.2, 0) is 11.8 Å². The minimum absolute atomic E-state index is 0.779. The molecule has 2 aliphatic rings. The molecule has 0 amide bonds. The molecular formula is C47H29O2PS. The van der Waals surface area contributed by atoms with Crippen LogP contribution >= 0.6 is 6.04 Å². The highest BCUT2D eigenvalue weighted by Gasteiger charge is 2.44. The van der Waals surface area contributed by atoms with Crippen LogP contribution in [0.25, 0.3) is 65.3 Å². The number of ether oxygens (including phenoxy) is 2. The van der Waals surface area contributed by atoms with E-state index in [4.69, 9.17) is 21.3 Å². The zero-order chi connectivity index (χ0) is 33.8. The van der Waals surface area contributed by atoms with Crippen LogP contribution in [0.5, 0.6) is 23.0 Å². The van der Waals surface area contributed by atoms with Gasteiger partial charge in [-0.3, -0.25) is 0 Å². The van der Waals surface area contributed by atoms with E-state index in [1.165, 1.54) is 37.9 Å². The average Bonchev–Trinajstić information content (AvgIpc) is 3.17. The van der Waals surface area contributed by atoms with Crippen LogP contribution in [-0.4, -0.2) is 0 Å². The molecule has 0 aromatic heterocycles. The quantitative estimate of drug-likeness (QED) is 0.133. The van der Waals surface area contributed by atoms with Crippen LogP contribution in [0.15, 0.2) is 158 Å². The second-order valence-corrected chi connectivity index (χ2v) is 17.9. The maximum absolute atomic E-state index is 7.03. The lowest BCUT2D eigenvalue weighted by Gasteiger charge is -2.38. The molecule has 9 aromatic rings. The van der Waals surface area contributed by atoms with Crippen molar-refractivity contribution in [2.24, 2.45) is 0 Å². The second kappa shape index (κ2) is 10.6. The van der Waals surface area contributed by atoms with Crippen molar-refractivity contribution in [1.29, 1.82) is 0 Å². The smallest absolute Gasteiger partial charge is 0.140 e. The summed E-state index contributed by atoms with van der Waals surface area (Å²) in [6.45, 7) is 2.21. The Morgan fingerprint density at radius 3 is 1.88 bits per heavy atom. The lowest BCUT2D eigenvalue weighted by atomic mass is 9.90. The Bertz CT molecular complexity index is 3020. The van der Waals surface area contributed by atoms with Gasteiger partial charge in [-0.05, 0) is 114 Å². The Balaban J connectivity index is 1.18. The molecule has 11 rings (SSSR count). The maximum Gasteiger partial charge on any atom is 0.140 e. The van der Waals surface area contributed by atoms with Crippen molar-refractivity contribution in [3.8, 4) is 45.3 Å². The van der Waals surface area contributed by atoms with Crippen molar-refractivity contribution in [2.75, 3.05) is 0 Å². The molecule has 9 aromatic carbocycles. The Kier molecular flexibility index (Phi) is 6.06. The largest absolute Gasteiger partial charge is 0.456 e. The summed E-state index contributed by atoms with van der Waals surface area (Å²) in [5, 5.41) is 13.1. The Labute approximate surface area is 300 Å². The summed E-state index contributed by atoms with van der Waals surface area (Å²) in [7, 11) is 0. The lowest BCUT2D eigenvalue weighted by Crippen LogP contribution is -2.35. The molecule has 0 spiro atoms. The first-order valence-electron chi connectivity index (χ1n) is 17.3. The number of rotatable bonds is 2. The van der Waals surface area contributed by atoms with Crippen LogP contribution in [0, 0.1) is 6.92 Å². The van der Waals surface area contributed by atoms with E-state index >= 15 is 0 Å². The minimum Gasteiger partial charge on any atom is -0.456 e. The van der Waals surface area contributed by atoms with Gasteiger partial charge in [0.05, 0.1) is 11.3 Å². The van der Waals surface area contributed by atoms with E-state index in [0.29, 0.717) is 0 Å². The Morgan fingerprint density at radius 2 is 1.04 bits per heavy atom. The zero-order valence-corrected chi connectivity index (χ0v) is 29.4. The van der Waals surface area contributed by atoms with E-state index in [2.05, 4.69) is 159 Å². The third-order valence-corrected chi connectivity index (χ3v) is 15.7. The van der Waals surface area contributed by atoms with Crippen LogP contribution in [0.3, 0.4) is 0 Å². The summed E-state index contributed by atoms with van der Waals surface area (Å²) in [5.74, 6) is 3.22. The lowest BCUT2D eigenvalue weighted by molar-refractivity contribution is 0.467. The monoisotopic (exact) mass is 688 g/mol. The standard InChI is InChI=1S/C47H29O2PS/c1-28-10-9-17-38-39-24-31(18-21-36(39)35-15-7-8-16-37(35)45(28)38)33-26-42-47-43(27-33)49-41-25-32(29-11-3-2-4-12-29)20-23-44(41)50(47,51)46-34-14-6-5-13-30(34)19-22-40(46)48-42/h2-27H,1H3. The fraction of sp³-hybridized carbons (Fsp3) is 0.0213. The van der Waals surface area contributed by atoms with Crippen LogP contribution < -0.4 is 25.4 Å². The molecule has 0 saturated heterocycles. The van der Waals surface area contributed by atoms with Gasteiger partial charge in [0.25, 0.3) is 0 Å². The summed E-state index contributed by atoms with van der Waals surface area (Å²) in [6, 6.07) is 53.8. The van der Waals surface area contributed by atoms with E-state index < -0.39 is 6.04 Å². The van der Waals surface area contributed by atoms with Crippen molar-refractivity contribution >= 4 is 76.8 Å². The van der Waals surface area contributed by atoms with E-state index in [0.717, 1.165) is 71.9 Å². The number of hydrogen-bond acceptors (Lipinski definition) is 3. The molecule has 2 heterocycles. The first kappa shape index (κ1) is 29.0. The normalized spacial score (nSPS) is 15.6.